The minimum Gasteiger partial charge on any atom is -0.466 e. The zero-order valence-corrected chi connectivity index (χ0v) is 48.2. The van der Waals surface area contributed by atoms with E-state index in [9.17, 15) is 19.8 Å². The Labute approximate surface area is 448 Å². The molecule has 72 heavy (non-hydrogen) atoms. The molecule has 2 unspecified atom stereocenters. The Bertz CT molecular complexity index is 1210. The van der Waals surface area contributed by atoms with Crippen molar-refractivity contribution in [3.8, 4) is 0 Å². The predicted molar refractivity (Wildman–Crippen MR) is 315 cm³/mol. The van der Waals surface area contributed by atoms with Crippen LogP contribution in [0.25, 0.3) is 0 Å². The summed E-state index contributed by atoms with van der Waals surface area (Å²) in [5.74, 6) is -0.0776. The van der Waals surface area contributed by atoms with E-state index < -0.39 is 12.1 Å². The summed E-state index contributed by atoms with van der Waals surface area (Å²) < 4.78 is 5.48. The smallest absolute Gasteiger partial charge is 0.305 e. The summed E-state index contributed by atoms with van der Waals surface area (Å²) in [5.41, 5.74) is 0. The van der Waals surface area contributed by atoms with Gasteiger partial charge in [0.1, 0.15) is 0 Å². The molecule has 2 atom stereocenters. The van der Waals surface area contributed by atoms with Crippen molar-refractivity contribution >= 4 is 11.9 Å². The number of allylic oxidation sites excluding steroid dienone is 7. The molecule has 0 heterocycles. The second-order valence-electron chi connectivity index (χ2n) is 21.7. The van der Waals surface area contributed by atoms with Crippen LogP contribution in [0.3, 0.4) is 0 Å². The molecular formula is C66H123NO5. The van der Waals surface area contributed by atoms with E-state index in [1.54, 1.807) is 6.08 Å². The van der Waals surface area contributed by atoms with E-state index in [4.69, 9.17) is 4.74 Å². The summed E-state index contributed by atoms with van der Waals surface area (Å²) in [5, 5.41) is 23.2. The molecule has 422 valence electrons. The Morgan fingerprint density at radius 1 is 0.389 bits per heavy atom. The van der Waals surface area contributed by atoms with Gasteiger partial charge in [-0.3, -0.25) is 9.59 Å². The molecule has 0 saturated carbocycles. The van der Waals surface area contributed by atoms with Crippen molar-refractivity contribution in [3.05, 3.63) is 48.6 Å². The molecule has 6 heteroatoms. The molecule has 0 aromatic rings. The van der Waals surface area contributed by atoms with Gasteiger partial charge >= 0.3 is 5.97 Å². The highest BCUT2D eigenvalue weighted by molar-refractivity contribution is 5.76. The van der Waals surface area contributed by atoms with Crippen molar-refractivity contribution in [2.24, 2.45) is 0 Å². The van der Waals surface area contributed by atoms with Gasteiger partial charge in [0.15, 0.2) is 0 Å². The van der Waals surface area contributed by atoms with Gasteiger partial charge in [0.05, 0.1) is 25.4 Å². The van der Waals surface area contributed by atoms with E-state index in [1.165, 1.54) is 250 Å². The molecule has 1 amide bonds. The van der Waals surface area contributed by atoms with Gasteiger partial charge in [-0.05, 0) is 89.9 Å². The number of esters is 1. The standard InChI is InChI=1S/C66H123NO5/c1-3-5-7-9-11-13-15-17-19-21-27-30-34-38-42-46-50-54-58-64(69)63(62-68)67-65(70)59-55-51-47-43-39-35-31-28-24-22-23-25-29-33-37-41-45-49-53-57-61-72-66(71)60-56-52-48-44-40-36-32-26-20-18-16-14-12-10-8-6-4-2/h12,14,18,20,22,24,54,58,63-64,68-69H,3-11,13,15-17,19,21,23,25-53,55-57,59-62H2,1-2H3,(H,67,70)/b14-12-,20-18-,24-22-,58-54+. The minimum absolute atomic E-state index is 0.00231. The second-order valence-corrected chi connectivity index (χ2v) is 21.7. The lowest BCUT2D eigenvalue weighted by molar-refractivity contribution is -0.143. The van der Waals surface area contributed by atoms with E-state index in [0.29, 0.717) is 19.4 Å². The van der Waals surface area contributed by atoms with Crippen LogP contribution in [0.1, 0.15) is 335 Å². The Hall–Kier alpha value is -2.18. The van der Waals surface area contributed by atoms with Gasteiger partial charge in [-0.15, -0.1) is 0 Å². The average molecular weight is 1010 g/mol. The monoisotopic (exact) mass is 1010 g/mol. The first-order chi connectivity index (χ1) is 35.5. The van der Waals surface area contributed by atoms with Gasteiger partial charge < -0.3 is 20.3 Å². The fraction of sp³-hybridized carbons (Fsp3) is 0.848. The molecule has 0 aliphatic carbocycles. The van der Waals surface area contributed by atoms with Crippen LogP contribution in [0.4, 0.5) is 0 Å². The van der Waals surface area contributed by atoms with Gasteiger partial charge in [0.2, 0.25) is 5.91 Å². The zero-order chi connectivity index (χ0) is 52.2. The van der Waals surface area contributed by atoms with E-state index >= 15 is 0 Å². The molecule has 0 bridgehead atoms. The fourth-order valence-corrected chi connectivity index (χ4v) is 9.66. The van der Waals surface area contributed by atoms with Gasteiger partial charge in [-0.25, -0.2) is 0 Å². The van der Waals surface area contributed by atoms with Crippen LogP contribution in [-0.2, 0) is 14.3 Å². The maximum Gasteiger partial charge on any atom is 0.305 e. The maximum absolute atomic E-state index is 12.5. The van der Waals surface area contributed by atoms with Gasteiger partial charge in [0, 0.05) is 12.8 Å². The molecule has 0 radical (unpaired) electrons. The number of hydrogen-bond acceptors (Lipinski definition) is 5. The molecule has 0 fully saturated rings. The third-order valence-corrected chi connectivity index (χ3v) is 14.6. The van der Waals surface area contributed by atoms with Gasteiger partial charge in [-0.2, -0.15) is 0 Å². The van der Waals surface area contributed by atoms with Crippen LogP contribution in [0.5, 0.6) is 0 Å². The van der Waals surface area contributed by atoms with Crippen LogP contribution in [0, 0.1) is 0 Å². The molecule has 0 rings (SSSR count). The zero-order valence-electron chi connectivity index (χ0n) is 48.2. The van der Waals surface area contributed by atoms with E-state index in [-0.39, 0.29) is 18.5 Å². The summed E-state index contributed by atoms with van der Waals surface area (Å²) in [4.78, 5) is 24.6. The molecule has 0 aromatic carbocycles. The topological polar surface area (TPSA) is 95.9 Å². The maximum atomic E-state index is 12.5. The van der Waals surface area contributed by atoms with E-state index in [2.05, 4.69) is 55.6 Å². The van der Waals surface area contributed by atoms with Crippen LogP contribution < -0.4 is 5.32 Å². The van der Waals surface area contributed by atoms with Crippen molar-refractivity contribution in [3.63, 3.8) is 0 Å². The molecule has 6 nitrogen and oxygen atoms in total. The van der Waals surface area contributed by atoms with Crippen LogP contribution in [0.15, 0.2) is 48.6 Å². The number of amides is 1. The number of unbranched alkanes of at least 4 members (excludes halogenated alkanes) is 42. The van der Waals surface area contributed by atoms with Crippen molar-refractivity contribution < 1.29 is 24.5 Å². The second kappa shape index (κ2) is 61.4. The number of aliphatic hydroxyl groups excluding tert-OH is 2. The molecule has 0 aliphatic rings. The van der Waals surface area contributed by atoms with Crippen LogP contribution >= 0.6 is 0 Å². The Kier molecular flexibility index (Phi) is 59.5. The number of carbonyl (C=O) groups excluding carboxylic acids is 2. The lowest BCUT2D eigenvalue weighted by atomic mass is 10.0. The molecule has 0 spiro atoms. The summed E-state index contributed by atoms with van der Waals surface area (Å²) in [6.07, 6.45) is 78.6. The number of nitrogens with one attached hydrogen (secondary N) is 1. The summed E-state index contributed by atoms with van der Waals surface area (Å²) >= 11 is 0. The number of hydrogen-bond donors (Lipinski definition) is 3. The van der Waals surface area contributed by atoms with Crippen LogP contribution in [-0.4, -0.2) is 47.4 Å². The number of rotatable bonds is 59. The van der Waals surface area contributed by atoms with Crippen molar-refractivity contribution in [2.45, 2.75) is 347 Å². The number of aliphatic hydroxyl groups is 2. The molecule has 0 aromatic heterocycles. The summed E-state index contributed by atoms with van der Waals surface area (Å²) in [6, 6.07) is -0.636. The first-order valence-corrected chi connectivity index (χ1v) is 31.9. The Morgan fingerprint density at radius 3 is 1.10 bits per heavy atom. The predicted octanol–water partition coefficient (Wildman–Crippen LogP) is 20.1. The number of ether oxygens (including phenoxy) is 1. The van der Waals surface area contributed by atoms with Crippen molar-refractivity contribution in [1.29, 1.82) is 0 Å². The highest BCUT2D eigenvalue weighted by Gasteiger charge is 2.18. The third-order valence-electron chi connectivity index (χ3n) is 14.6. The van der Waals surface area contributed by atoms with Gasteiger partial charge in [-0.1, -0.05) is 281 Å². The largest absolute Gasteiger partial charge is 0.466 e. The average Bonchev–Trinajstić information content (AvgIpc) is 3.38. The summed E-state index contributed by atoms with van der Waals surface area (Å²) in [6.45, 7) is 4.88. The normalized spacial score (nSPS) is 12.9. The SMILES string of the molecule is CCCCC/C=C\C/C=C\CCCCCCCCCC(=O)OCCCCCCCCCCC/C=C\CCCCCCCCCC(=O)NC(CO)C(O)/C=C/CCCCCCCCCCCCCCCCCC. The van der Waals surface area contributed by atoms with Crippen LogP contribution in [0.2, 0.25) is 0 Å². The highest BCUT2D eigenvalue weighted by atomic mass is 16.5. The van der Waals surface area contributed by atoms with Gasteiger partial charge in [0.25, 0.3) is 0 Å². The lowest BCUT2D eigenvalue weighted by Gasteiger charge is -2.20. The fourth-order valence-electron chi connectivity index (χ4n) is 9.66. The molecule has 0 aliphatic heterocycles. The molecular weight excluding hydrogens is 887 g/mol. The molecule has 0 saturated heterocycles. The quantitative estimate of drug-likeness (QED) is 0.0320. The number of carbonyl (C=O) groups is 2. The first kappa shape index (κ1) is 69.8. The third kappa shape index (κ3) is 57.1. The highest BCUT2D eigenvalue weighted by Crippen LogP contribution is 2.17. The van der Waals surface area contributed by atoms with Crippen molar-refractivity contribution in [1.82, 2.24) is 5.32 Å². The Balaban J connectivity index is 3.46. The molecule has 3 N–H and O–H groups in total. The van der Waals surface area contributed by atoms with E-state index in [0.717, 1.165) is 57.8 Å². The van der Waals surface area contributed by atoms with E-state index in [1.807, 2.05) is 6.08 Å². The lowest BCUT2D eigenvalue weighted by Crippen LogP contribution is -2.45. The minimum atomic E-state index is -0.851. The summed E-state index contributed by atoms with van der Waals surface area (Å²) in [7, 11) is 0. The Morgan fingerprint density at radius 2 is 0.694 bits per heavy atom. The first-order valence-electron chi connectivity index (χ1n) is 31.9. The van der Waals surface area contributed by atoms with Crippen molar-refractivity contribution in [2.75, 3.05) is 13.2 Å².